The second-order valence-electron chi connectivity index (χ2n) is 7.08. The number of sulfonamides is 1. The smallest absolute Gasteiger partial charge is 0.259 e. The molecule has 3 aromatic rings. The molecule has 2 heterocycles. The van der Waals surface area contributed by atoms with Crippen molar-refractivity contribution in [1.29, 1.82) is 0 Å². The van der Waals surface area contributed by atoms with Gasteiger partial charge in [-0.2, -0.15) is 4.31 Å². The predicted octanol–water partition coefficient (Wildman–Crippen LogP) is 3.67. The molecule has 1 N–H and O–H groups in total. The second-order valence-corrected chi connectivity index (χ2v) is 9.80. The van der Waals surface area contributed by atoms with Crippen LogP contribution in [-0.4, -0.2) is 46.5 Å². The van der Waals surface area contributed by atoms with Crippen molar-refractivity contribution in [2.75, 3.05) is 18.4 Å². The number of rotatable bonds is 6. The van der Waals surface area contributed by atoms with E-state index in [2.05, 4.69) is 15.4 Å². The Morgan fingerprint density at radius 2 is 1.77 bits per heavy atom. The van der Waals surface area contributed by atoms with Crippen LogP contribution in [0.3, 0.4) is 0 Å². The van der Waals surface area contributed by atoms with Crippen LogP contribution in [0.4, 0.5) is 5.95 Å². The summed E-state index contributed by atoms with van der Waals surface area (Å²) in [6, 6.07) is 12.1. The van der Waals surface area contributed by atoms with Crippen molar-refractivity contribution in [1.82, 2.24) is 19.1 Å². The number of nitrogens with zero attached hydrogens (tertiary/aromatic N) is 4. The number of carbonyl (C=O) groups excluding carboxylic acids is 1. The Morgan fingerprint density at radius 3 is 2.48 bits per heavy atom. The van der Waals surface area contributed by atoms with Crippen LogP contribution in [0.1, 0.15) is 28.8 Å². The number of benzene rings is 2. The van der Waals surface area contributed by atoms with Crippen molar-refractivity contribution < 1.29 is 13.2 Å². The minimum absolute atomic E-state index is 0.0248. The van der Waals surface area contributed by atoms with Crippen molar-refractivity contribution in [3.63, 3.8) is 0 Å². The van der Waals surface area contributed by atoms with E-state index >= 15 is 0 Å². The molecule has 1 aromatic heterocycles. The SMILES string of the molecule is O=C(Nc1ncn(Cc2ccccc2)n1)c1cc(S(=O)(=O)N2CCCC2)c(Cl)cc1Cl. The highest BCUT2D eigenvalue weighted by Gasteiger charge is 2.30. The van der Waals surface area contributed by atoms with Crippen molar-refractivity contribution >= 4 is 45.1 Å². The molecule has 31 heavy (non-hydrogen) atoms. The lowest BCUT2D eigenvalue weighted by molar-refractivity contribution is 0.102. The first-order chi connectivity index (χ1) is 14.8. The zero-order chi connectivity index (χ0) is 22.0. The maximum atomic E-state index is 12.9. The molecular weight excluding hydrogens is 461 g/mol. The maximum absolute atomic E-state index is 12.9. The highest BCUT2D eigenvalue weighted by molar-refractivity contribution is 7.89. The van der Waals surface area contributed by atoms with Crippen LogP contribution >= 0.6 is 23.2 Å². The van der Waals surface area contributed by atoms with Gasteiger partial charge in [0.25, 0.3) is 5.91 Å². The largest absolute Gasteiger partial charge is 0.289 e. The third-order valence-electron chi connectivity index (χ3n) is 4.90. The monoisotopic (exact) mass is 479 g/mol. The summed E-state index contributed by atoms with van der Waals surface area (Å²) in [4.78, 5) is 16.7. The summed E-state index contributed by atoms with van der Waals surface area (Å²) in [7, 11) is -3.82. The summed E-state index contributed by atoms with van der Waals surface area (Å²) in [6.07, 6.45) is 3.07. The number of anilines is 1. The third kappa shape index (κ3) is 4.74. The Labute approximate surface area is 189 Å². The standard InChI is InChI=1S/C20H19Cl2N5O3S/c21-16-11-17(22)18(31(29,30)27-8-4-5-9-27)10-15(16)19(28)24-20-23-13-26(25-20)12-14-6-2-1-3-7-14/h1-3,6-7,10-11,13H,4-5,8-9,12H2,(H,24,25,28). The van der Waals surface area contributed by atoms with Gasteiger partial charge in [-0.1, -0.05) is 53.5 Å². The fourth-order valence-corrected chi connectivity index (χ4v) is 5.69. The molecular formula is C20H19Cl2N5O3S. The average Bonchev–Trinajstić information content (AvgIpc) is 3.41. The van der Waals surface area contributed by atoms with Gasteiger partial charge < -0.3 is 0 Å². The molecule has 0 aliphatic carbocycles. The summed E-state index contributed by atoms with van der Waals surface area (Å²) >= 11 is 12.3. The molecule has 11 heteroatoms. The average molecular weight is 480 g/mol. The van der Waals surface area contributed by atoms with Crippen LogP contribution in [0.2, 0.25) is 10.0 Å². The maximum Gasteiger partial charge on any atom is 0.259 e. The molecule has 1 aliphatic rings. The number of nitrogens with one attached hydrogen (secondary N) is 1. The molecule has 162 valence electrons. The van der Waals surface area contributed by atoms with E-state index in [9.17, 15) is 13.2 Å². The van der Waals surface area contributed by atoms with E-state index in [-0.39, 0.29) is 26.5 Å². The quantitative estimate of drug-likeness (QED) is 0.581. The first-order valence-corrected chi connectivity index (χ1v) is 11.8. The fourth-order valence-electron chi connectivity index (χ4n) is 3.34. The van der Waals surface area contributed by atoms with Crippen LogP contribution in [0.15, 0.2) is 53.7 Å². The van der Waals surface area contributed by atoms with Crippen LogP contribution in [-0.2, 0) is 16.6 Å². The molecule has 1 fully saturated rings. The Morgan fingerprint density at radius 1 is 1.06 bits per heavy atom. The van der Waals surface area contributed by atoms with Crippen molar-refractivity contribution in [3.05, 3.63) is 70.0 Å². The van der Waals surface area contributed by atoms with Gasteiger partial charge in [0.05, 0.1) is 22.2 Å². The molecule has 0 unspecified atom stereocenters. The van der Waals surface area contributed by atoms with E-state index in [1.807, 2.05) is 30.3 Å². The number of amides is 1. The van der Waals surface area contributed by atoms with Gasteiger partial charge in [-0.25, -0.2) is 18.1 Å². The topological polar surface area (TPSA) is 97.2 Å². The lowest BCUT2D eigenvalue weighted by Gasteiger charge is -2.17. The Hall–Kier alpha value is -2.46. The zero-order valence-electron chi connectivity index (χ0n) is 16.3. The van der Waals surface area contributed by atoms with Gasteiger partial charge in [-0.15, -0.1) is 5.10 Å². The third-order valence-corrected chi connectivity index (χ3v) is 7.57. The van der Waals surface area contributed by atoms with E-state index in [0.29, 0.717) is 19.6 Å². The van der Waals surface area contributed by atoms with E-state index in [0.717, 1.165) is 18.4 Å². The van der Waals surface area contributed by atoms with E-state index in [1.54, 1.807) is 4.68 Å². The predicted molar refractivity (Wildman–Crippen MR) is 118 cm³/mol. The van der Waals surface area contributed by atoms with Crippen LogP contribution in [0.25, 0.3) is 0 Å². The van der Waals surface area contributed by atoms with Crippen molar-refractivity contribution in [2.24, 2.45) is 0 Å². The molecule has 0 spiro atoms. The summed E-state index contributed by atoms with van der Waals surface area (Å²) in [6.45, 7) is 1.33. The first-order valence-electron chi connectivity index (χ1n) is 9.58. The van der Waals surface area contributed by atoms with Gasteiger partial charge in [0.2, 0.25) is 16.0 Å². The molecule has 0 atom stereocenters. The summed E-state index contributed by atoms with van der Waals surface area (Å²) in [5, 5.41) is 6.79. The molecule has 1 saturated heterocycles. The number of carbonyl (C=O) groups is 1. The molecule has 0 bridgehead atoms. The lowest BCUT2D eigenvalue weighted by atomic mass is 10.2. The second kappa shape index (κ2) is 8.96. The number of hydrogen-bond acceptors (Lipinski definition) is 5. The molecule has 1 amide bonds. The van der Waals surface area contributed by atoms with E-state index < -0.39 is 15.9 Å². The number of hydrogen-bond donors (Lipinski definition) is 1. The van der Waals surface area contributed by atoms with Gasteiger partial charge in [0, 0.05) is 13.1 Å². The fraction of sp³-hybridized carbons (Fsp3) is 0.250. The van der Waals surface area contributed by atoms with Gasteiger partial charge in [0.1, 0.15) is 11.2 Å². The van der Waals surface area contributed by atoms with Gasteiger partial charge >= 0.3 is 0 Å². The van der Waals surface area contributed by atoms with Gasteiger partial charge in [-0.3, -0.25) is 10.1 Å². The van der Waals surface area contributed by atoms with E-state index in [4.69, 9.17) is 23.2 Å². The summed E-state index contributed by atoms with van der Waals surface area (Å²) in [5.74, 6) is -0.548. The zero-order valence-corrected chi connectivity index (χ0v) is 18.7. The number of aromatic nitrogens is 3. The normalized spacial score (nSPS) is 14.6. The Kier molecular flexibility index (Phi) is 6.29. The molecule has 1 aliphatic heterocycles. The number of halogens is 2. The highest BCUT2D eigenvalue weighted by atomic mass is 35.5. The summed E-state index contributed by atoms with van der Waals surface area (Å²) < 4.78 is 28.8. The minimum atomic E-state index is -3.82. The molecule has 0 radical (unpaired) electrons. The first kappa shape index (κ1) is 21.8. The lowest BCUT2D eigenvalue weighted by Crippen LogP contribution is -2.28. The molecule has 2 aromatic carbocycles. The minimum Gasteiger partial charge on any atom is -0.289 e. The van der Waals surface area contributed by atoms with E-state index in [1.165, 1.54) is 22.8 Å². The summed E-state index contributed by atoms with van der Waals surface area (Å²) in [5.41, 5.74) is 1.01. The Balaban J connectivity index is 1.55. The Bertz CT molecular complexity index is 1210. The highest BCUT2D eigenvalue weighted by Crippen LogP contribution is 2.32. The molecule has 0 saturated carbocycles. The van der Waals surface area contributed by atoms with Crippen molar-refractivity contribution in [2.45, 2.75) is 24.3 Å². The van der Waals surface area contributed by atoms with Crippen LogP contribution < -0.4 is 5.32 Å². The van der Waals surface area contributed by atoms with Crippen LogP contribution in [0.5, 0.6) is 0 Å². The molecule has 8 nitrogen and oxygen atoms in total. The van der Waals surface area contributed by atoms with Gasteiger partial charge in [-0.05, 0) is 30.5 Å². The van der Waals surface area contributed by atoms with Crippen LogP contribution in [0, 0.1) is 0 Å². The van der Waals surface area contributed by atoms with Gasteiger partial charge in [0.15, 0.2) is 0 Å². The van der Waals surface area contributed by atoms with Crippen molar-refractivity contribution in [3.8, 4) is 0 Å². The molecule has 4 rings (SSSR count).